The molecule has 11 rings (SSSR count). The lowest BCUT2D eigenvalue weighted by atomic mass is 9.83. The Bertz CT molecular complexity index is 3290. The summed E-state index contributed by atoms with van der Waals surface area (Å²) in [6.45, 7) is 8.98. The molecule has 1 aromatic heterocycles. The van der Waals surface area contributed by atoms with Crippen molar-refractivity contribution >= 4 is 74.6 Å². The molecular weight excluding hydrogens is 705 g/mol. The predicted octanol–water partition coefficient (Wildman–Crippen LogP) is 16.6. The molecule has 0 fully saturated rings. The summed E-state index contributed by atoms with van der Waals surface area (Å²) < 4.78 is 2.64. The summed E-state index contributed by atoms with van der Waals surface area (Å²) >= 11 is 1.92. The molecule has 270 valence electrons. The molecule has 0 saturated carbocycles. The fourth-order valence-corrected chi connectivity index (χ4v) is 11.2. The second kappa shape index (κ2) is 13.0. The first-order valence-electron chi connectivity index (χ1n) is 19.9. The average Bonchev–Trinajstić information content (AvgIpc) is 3.61. The molecule has 0 bridgehead atoms. The SMILES string of the molecule is Cc1cccc(C)c1-c1c2ccccc2c(-c2ccc3sc4c(-c5c6ccccc6c(-c6c(C)cccc6C)c6ccccc56)cccc4c3c2)c2ccccc12. The predicted molar refractivity (Wildman–Crippen MR) is 250 cm³/mol. The van der Waals surface area contributed by atoms with Gasteiger partial charge in [0.25, 0.3) is 0 Å². The van der Waals surface area contributed by atoms with Crippen molar-refractivity contribution in [1.29, 1.82) is 0 Å². The van der Waals surface area contributed by atoms with Crippen LogP contribution in [0.15, 0.2) is 170 Å². The number of aryl methyl sites for hydroxylation is 4. The summed E-state index contributed by atoms with van der Waals surface area (Å²) in [7, 11) is 0. The Morgan fingerprint density at radius 2 is 0.649 bits per heavy atom. The monoisotopic (exact) mass is 744 g/mol. The van der Waals surface area contributed by atoms with Crippen LogP contribution >= 0.6 is 11.3 Å². The second-order valence-electron chi connectivity index (χ2n) is 15.7. The van der Waals surface area contributed by atoms with Crippen molar-refractivity contribution < 1.29 is 0 Å². The molecule has 0 unspecified atom stereocenters. The summed E-state index contributed by atoms with van der Waals surface area (Å²) in [5.41, 5.74) is 15.7. The van der Waals surface area contributed by atoms with Crippen molar-refractivity contribution in [1.82, 2.24) is 0 Å². The van der Waals surface area contributed by atoms with Crippen molar-refractivity contribution in [2.75, 3.05) is 0 Å². The summed E-state index contributed by atoms with van der Waals surface area (Å²) in [6.07, 6.45) is 0. The summed E-state index contributed by atoms with van der Waals surface area (Å²) in [5, 5.41) is 13.0. The van der Waals surface area contributed by atoms with Gasteiger partial charge in [0.1, 0.15) is 0 Å². The minimum atomic E-state index is 1.25. The third-order valence-corrected chi connectivity index (χ3v) is 13.6. The molecule has 11 aromatic rings. The number of thiophene rings is 1. The Morgan fingerprint density at radius 3 is 1.09 bits per heavy atom. The standard InChI is InChI=1S/C56H40S/c1-33-16-13-17-34(2)50(33)54-42-24-9-5-20-38(42)52(39-21-6-10-25-43(39)54)37-30-31-49-48(32-37)46-28-15-29-47(56(46)57-49)53-40-22-7-11-26-44(40)55(45-27-12-8-23-41(45)53)51-35(3)18-14-19-36(51)4/h5-32H,1-4H3. The normalized spacial score (nSPS) is 11.9. The molecule has 0 amide bonds. The van der Waals surface area contributed by atoms with Crippen LogP contribution in [0, 0.1) is 27.7 Å². The summed E-state index contributed by atoms with van der Waals surface area (Å²) in [5.74, 6) is 0. The first-order valence-corrected chi connectivity index (χ1v) is 20.8. The Labute approximate surface area is 337 Å². The van der Waals surface area contributed by atoms with Gasteiger partial charge < -0.3 is 0 Å². The van der Waals surface area contributed by atoms with Crippen LogP contribution in [0.4, 0.5) is 0 Å². The van der Waals surface area contributed by atoms with Crippen LogP contribution in [-0.4, -0.2) is 0 Å². The zero-order valence-electron chi connectivity index (χ0n) is 32.6. The molecule has 0 aliphatic carbocycles. The van der Waals surface area contributed by atoms with E-state index in [0.29, 0.717) is 0 Å². The van der Waals surface area contributed by atoms with E-state index in [1.165, 1.54) is 130 Å². The third-order valence-electron chi connectivity index (χ3n) is 12.4. The van der Waals surface area contributed by atoms with Crippen molar-refractivity contribution in [2.45, 2.75) is 27.7 Å². The number of benzene rings is 10. The fraction of sp³-hybridized carbons (Fsp3) is 0.0714. The van der Waals surface area contributed by atoms with Gasteiger partial charge in [0, 0.05) is 25.7 Å². The van der Waals surface area contributed by atoms with Gasteiger partial charge in [-0.05, 0) is 144 Å². The average molecular weight is 745 g/mol. The zero-order chi connectivity index (χ0) is 38.4. The van der Waals surface area contributed by atoms with Gasteiger partial charge in [-0.3, -0.25) is 0 Å². The van der Waals surface area contributed by atoms with E-state index >= 15 is 0 Å². The Balaban J connectivity index is 1.18. The van der Waals surface area contributed by atoms with E-state index in [-0.39, 0.29) is 0 Å². The van der Waals surface area contributed by atoms with Gasteiger partial charge >= 0.3 is 0 Å². The van der Waals surface area contributed by atoms with Crippen molar-refractivity contribution in [2.24, 2.45) is 0 Å². The van der Waals surface area contributed by atoms with Crippen molar-refractivity contribution in [3.63, 3.8) is 0 Å². The molecule has 0 aliphatic heterocycles. The van der Waals surface area contributed by atoms with E-state index < -0.39 is 0 Å². The molecule has 0 N–H and O–H groups in total. The minimum absolute atomic E-state index is 1.25. The fourth-order valence-electron chi connectivity index (χ4n) is 9.97. The molecule has 10 aromatic carbocycles. The Hall–Kier alpha value is -6.54. The molecule has 0 aliphatic rings. The largest absolute Gasteiger partial charge is 0.135 e. The molecule has 0 spiro atoms. The topological polar surface area (TPSA) is 0 Å². The number of hydrogen-bond acceptors (Lipinski definition) is 1. The number of hydrogen-bond donors (Lipinski definition) is 0. The Kier molecular flexibility index (Phi) is 7.71. The Morgan fingerprint density at radius 1 is 0.281 bits per heavy atom. The van der Waals surface area contributed by atoms with E-state index in [1.54, 1.807) is 0 Å². The smallest absolute Gasteiger partial charge is 0.0434 e. The molecule has 0 atom stereocenters. The second-order valence-corrected chi connectivity index (χ2v) is 16.8. The van der Waals surface area contributed by atoms with Gasteiger partial charge in [-0.15, -0.1) is 11.3 Å². The molecule has 1 heteroatoms. The zero-order valence-corrected chi connectivity index (χ0v) is 33.4. The highest BCUT2D eigenvalue weighted by atomic mass is 32.1. The lowest BCUT2D eigenvalue weighted by Gasteiger charge is -2.20. The van der Waals surface area contributed by atoms with Crippen molar-refractivity contribution in [3.05, 3.63) is 192 Å². The highest BCUT2D eigenvalue weighted by Crippen LogP contribution is 2.50. The minimum Gasteiger partial charge on any atom is -0.135 e. The maximum Gasteiger partial charge on any atom is 0.0434 e. The van der Waals surface area contributed by atoms with E-state index in [9.17, 15) is 0 Å². The molecule has 0 radical (unpaired) electrons. The highest BCUT2D eigenvalue weighted by Gasteiger charge is 2.22. The lowest BCUT2D eigenvalue weighted by molar-refractivity contribution is 1.39. The van der Waals surface area contributed by atoms with Gasteiger partial charge in [0.15, 0.2) is 0 Å². The van der Waals surface area contributed by atoms with E-state index in [1.807, 2.05) is 11.3 Å². The van der Waals surface area contributed by atoms with Crippen LogP contribution in [0.2, 0.25) is 0 Å². The van der Waals surface area contributed by atoms with Crippen LogP contribution in [0.25, 0.3) is 108 Å². The van der Waals surface area contributed by atoms with Gasteiger partial charge in [0.05, 0.1) is 0 Å². The number of rotatable bonds is 4. The van der Waals surface area contributed by atoms with Gasteiger partial charge in [-0.2, -0.15) is 0 Å². The van der Waals surface area contributed by atoms with Crippen LogP contribution < -0.4 is 0 Å². The molecule has 0 saturated heterocycles. The molecule has 0 nitrogen and oxygen atoms in total. The number of fused-ring (bicyclic) bond motifs is 7. The van der Waals surface area contributed by atoms with E-state index in [0.717, 1.165) is 0 Å². The first-order chi connectivity index (χ1) is 28.0. The highest BCUT2D eigenvalue weighted by molar-refractivity contribution is 7.26. The van der Waals surface area contributed by atoms with E-state index in [2.05, 4.69) is 198 Å². The van der Waals surface area contributed by atoms with Crippen LogP contribution in [0.1, 0.15) is 22.3 Å². The first kappa shape index (κ1) is 33.8. The van der Waals surface area contributed by atoms with Crippen molar-refractivity contribution in [3.8, 4) is 44.5 Å². The maximum absolute atomic E-state index is 2.46. The van der Waals surface area contributed by atoms with Gasteiger partial charge in [0.2, 0.25) is 0 Å². The van der Waals surface area contributed by atoms with Crippen LogP contribution in [0.5, 0.6) is 0 Å². The molecular formula is C56H40S. The molecule has 1 heterocycles. The molecule has 57 heavy (non-hydrogen) atoms. The van der Waals surface area contributed by atoms with Gasteiger partial charge in [-0.1, -0.05) is 158 Å². The van der Waals surface area contributed by atoms with Crippen LogP contribution in [0.3, 0.4) is 0 Å². The van der Waals surface area contributed by atoms with E-state index in [4.69, 9.17) is 0 Å². The maximum atomic E-state index is 2.46. The van der Waals surface area contributed by atoms with Gasteiger partial charge in [-0.25, -0.2) is 0 Å². The van der Waals surface area contributed by atoms with Crippen LogP contribution in [-0.2, 0) is 0 Å². The quantitative estimate of drug-likeness (QED) is 0.157. The third kappa shape index (κ3) is 5.05. The summed E-state index contributed by atoms with van der Waals surface area (Å²) in [4.78, 5) is 0. The summed E-state index contributed by atoms with van der Waals surface area (Å²) in [6, 6.07) is 63.6. The lowest BCUT2D eigenvalue weighted by Crippen LogP contribution is -1.94.